The largest absolute Gasteiger partial charge is 0.353 e. The number of nitrogens with zero attached hydrogens (tertiary/aromatic N) is 3. The van der Waals surface area contributed by atoms with Crippen molar-refractivity contribution < 1.29 is 4.39 Å². The molecule has 0 spiro atoms. The average molecular weight is 363 g/mol. The Hall–Kier alpha value is -0.700. The van der Waals surface area contributed by atoms with E-state index in [1.807, 2.05) is 25.1 Å². The molecule has 0 aliphatic carbocycles. The molecular weight excluding hydrogens is 351 g/mol. The second-order valence-electron chi connectivity index (χ2n) is 3.90. The van der Waals surface area contributed by atoms with Gasteiger partial charge in [-0.15, -0.1) is 10.2 Å². The molecule has 0 radical (unpaired) electrons. The van der Waals surface area contributed by atoms with Crippen molar-refractivity contribution in [3.63, 3.8) is 0 Å². The minimum Gasteiger partial charge on any atom is -0.353 e. The van der Waals surface area contributed by atoms with Crippen molar-refractivity contribution >= 4 is 44.2 Å². The molecule has 0 atom stereocenters. The monoisotopic (exact) mass is 362 g/mol. The smallest absolute Gasteiger partial charge is 0.208 e. The van der Waals surface area contributed by atoms with E-state index in [4.69, 9.17) is 5.73 Å². The Morgan fingerprint density at radius 2 is 2.16 bits per heavy atom. The van der Waals surface area contributed by atoms with Crippen LogP contribution in [-0.4, -0.2) is 24.3 Å². The second kappa shape index (κ2) is 6.17. The Labute approximate surface area is 127 Å². The number of halogens is 2. The molecule has 0 amide bonds. The van der Waals surface area contributed by atoms with Gasteiger partial charge in [0.15, 0.2) is 10.2 Å². The van der Waals surface area contributed by atoms with Crippen LogP contribution in [0.15, 0.2) is 25.8 Å². The lowest BCUT2D eigenvalue weighted by molar-refractivity contribution is 0.592. The van der Waals surface area contributed by atoms with Gasteiger partial charge in [0.05, 0.1) is 9.37 Å². The molecule has 2 aromatic rings. The topological polar surface area (TPSA) is 55.0 Å². The lowest BCUT2D eigenvalue weighted by Crippen LogP contribution is -2.07. The van der Waals surface area contributed by atoms with Crippen molar-refractivity contribution in [3.8, 4) is 0 Å². The summed E-state index contributed by atoms with van der Waals surface area (Å²) in [6, 6.07) is 3.52. The van der Waals surface area contributed by atoms with Crippen LogP contribution < -0.4 is 10.6 Å². The van der Waals surface area contributed by atoms with Gasteiger partial charge in [-0.2, -0.15) is 0 Å². The Morgan fingerprint density at radius 1 is 1.42 bits per heavy atom. The molecule has 0 aliphatic heterocycles. The summed E-state index contributed by atoms with van der Waals surface area (Å²) in [6.45, 7) is 0.298. The Balaban J connectivity index is 2.25. The molecule has 8 heteroatoms. The molecule has 0 saturated heterocycles. The van der Waals surface area contributed by atoms with Crippen LogP contribution >= 0.6 is 39.0 Å². The van der Waals surface area contributed by atoms with Gasteiger partial charge in [-0.25, -0.2) is 4.39 Å². The SMILES string of the molecule is CN(C)c1nnc(Sc2ccc(CN)c(Br)c2F)s1. The summed E-state index contributed by atoms with van der Waals surface area (Å²) in [7, 11) is 3.78. The minimum atomic E-state index is -0.311. The van der Waals surface area contributed by atoms with Gasteiger partial charge in [-0.05, 0) is 27.6 Å². The highest BCUT2D eigenvalue weighted by Crippen LogP contribution is 2.36. The summed E-state index contributed by atoms with van der Waals surface area (Å²) in [4.78, 5) is 2.37. The minimum absolute atomic E-state index is 0.298. The molecule has 0 fully saturated rings. The van der Waals surface area contributed by atoms with Crippen LogP contribution in [0, 0.1) is 5.82 Å². The highest BCUT2D eigenvalue weighted by molar-refractivity contribution is 9.10. The summed E-state index contributed by atoms with van der Waals surface area (Å²) < 4.78 is 15.2. The lowest BCUT2D eigenvalue weighted by atomic mass is 10.2. The van der Waals surface area contributed by atoms with Crippen LogP contribution in [0.1, 0.15) is 5.56 Å². The summed E-state index contributed by atoms with van der Waals surface area (Å²) in [5.74, 6) is -0.311. The van der Waals surface area contributed by atoms with Crippen LogP contribution in [-0.2, 0) is 6.54 Å². The predicted octanol–water partition coefficient (Wildman–Crippen LogP) is 3.12. The summed E-state index contributed by atoms with van der Waals surface area (Å²) in [5, 5.41) is 8.84. The maximum atomic E-state index is 14.1. The molecule has 1 heterocycles. The number of anilines is 1. The van der Waals surface area contributed by atoms with Crippen molar-refractivity contribution in [2.45, 2.75) is 15.8 Å². The van der Waals surface area contributed by atoms with Crippen molar-refractivity contribution in [1.82, 2.24) is 10.2 Å². The third-order valence-corrected chi connectivity index (χ3v) is 5.36. The maximum absolute atomic E-state index is 14.1. The van der Waals surface area contributed by atoms with Crippen LogP contribution in [0.25, 0.3) is 0 Å². The van der Waals surface area contributed by atoms with Crippen LogP contribution in [0.3, 0.4) is 0 Å². The summed E-state index contributed by atoms with van der Waals surface area (Å²) >= 11 is 5.90. The van der Waals surface area contributed by atoms with E-state index in [0.29, 0.717) is 20.3 Å². The number of rotatable bonds is 4. The quantitative estimate of drug-likeness (QED) is 0.905. The van der Waals surface area contributed by atoms with Gasteiger partial charge < -0.3 is 10.6 Å². The van der Waals surface area contributed by atoms with Crippen LogP contribution in [0.2, 0.25) is 0 Å². The van der Waals surface area contributed by atoms with E-state index in [-0.39, 0.29) is 5.82 Å². The van der Waals surface area contributed by atoms with E-state index < -0.39 is 0 Å². The number of benzene rings is 1. The second-order valence-corrected chi connectivity index (χ2v) is 6.94. The first-order valence-electron chi connectivity index (χ1n) is 5.38. The summed E-state index contributed by atoms with van der Waals surface area (Å²) in [5.41, 5.74) is 6.27. The summed E-state index contributed by atoms with van der Waals surface area (Å²) in [6.07, 6.45) is 0. The van der Waals surface area contributed by atoms with Gasteiger partial charge in [0.25, 0.3) is 0 Å². The van der Waals surface area contributed by atoms with E-state index in [2.05, 4.69) is 26.1 Å². The molecule has 0 aliphatic rings. The molecule has 2 N–H and O–H groups in total. The average Bonchev–Trinajstić information content (AvgIpc) is 2.84. The predicted molar refractivity (Wildman–Crippen MR) is 80.4 cm³/mol. The first-order valence-corrected chi connectivity index (χ1v) is 7.81. The zero-order chi connectivity index (χ0) is 14.0. The van der Waals surface area contributed by atoms with Crippen LogP contribution in [0.4, 0.5) is 9.52 Å². The van der Waals surface area contributed by atoms with Gasteiger partial charge in [0, 0.05) is 20.6 Å². The zero-order valence-corrected chi connectivity index (χ0v) is 13.6. The van der Waals surface area contributed by atoms with Gasteiger partial charge in [-0.3, -0.25) is 0 Å². The van der Waals surface area contributed by atoms with Crippen molar-refractivity contribution in [1.29, 1.82) is 0 Å². The molecule has 19 heavy (non-hydrogen) atoms. The third kappa shape index (κ3) is 3.25. The van der Waals surface area contributed by atoms with E-state index in [1.165, 1.54) is 23.1 Å². The van der Waals surface area contributed by atoms with Gasteiger partial charge >= 0.3 is 0 Å². The zero-order valence-electron chi connectivity index (χ0n) is 10.4. The van der Waals surface area contributed by atoms with Crippen molar-refractivity contribution in [2.24, 2.45) is 5.73 Å². The molecule has 0 saturated carbocycles. The fourth-order valence-electron chi connectivity index (χ4n) is 1.33. The van der Waals surface area contributed by atoms with Gasteiger partial charge in [-0.1, -0.05) is 29.2 Å². The number of nitrogens with two attached hydrogens (primary N) is 1. The van der Waals surface area contributed by atoms with E-state index in [9.17, 15) is 4.39 Å². The standard InChI is InChI=1S/C11H12BrFN4S2/c1-17(2)10-15-16-11(19-10)18-7-4-3-6(5-14)8(12)9(7)13/h3-4H,5,14H2,1-2H3. The fraction of sp³-hybridized carbons (Fsp3) is 0.273. The number of hydrogen-bond acceptors (Lipinski definition) is 6. The third-order valence-electron chi connectivity index (χ3n) is 2.32. The molecule has 102 valence electrons. The van der Waals surface area contributed by atoms with E-state index in [0.717, 1.165) is 10.7 Å². The number of aromatic nitrogens is 2. The highest BCUT2D eigenvalue weighted by Gasteiger charge is 2.14. The first-order chi connectivity index (χ1) is 9.02. The molecule has 4 nitrogen and oxygen atoms in total. The lowest BCUT2D eigenvalue weighted by Gasteiger charge is -2.06. The molecule has 1 aromatic heterocycles. The Morgan fingerprint density at radius 3 is 2.74 bits per heavy atom. The van der Waals surface area contributed by atoms with Crippen molar-refractivity contribution in [2.75, 3.05) is 19.0 Å². The molecule has 0 unspecified atom stereocenters. The molecule has 2 rings (SSSR count). The van der Waals surface area contributed by atoms with Crippen LogP contribution in [0.5, 0.6) is 0 Å². The van der Waals surface area contributed by atoms with E-state index >= 15 is 0 Å². The van der Waals surface area contributed by atoms with Gasteiger partial charge in [0.1, 0.15) is 0 Å². The Kier molecular flexibility index (Phi) is 4.77. The van der Waals surface area contributed by atoms with E-state index in [1.54, 1.807) is 6.07 Å². The molecule has 0 bridgehead atoms. The number of hydrogen-bond donors (Lipinski definition) is 1. The fourth-order valence-corrected chi connectivity index (χ4v) is 3.72. The normalized spacial score (nSPS) is 10.8. The van der Waals surface area contributed by atoms with Crippen molar-refractivity contribution in [3.05, 3.63) is 28.0 Å². The maximum Gasteiger partial charge on any atom is 0.208 e. The Bertz CT molecular complexity index is 588. The molecular formula is C11H12BrFN4S2. The highest BCUT2D eigenvalue weighted by atomic mass is 79.9. The van der Waals surface area contributed by atoms with Gasteiger partial charge in [0.2, 0.25) is 5.13 Å². The first kappa shape index (κ1) is 14.7. The molecule has 1 aromatic carbocycles.